The van der Waals surface area contributed by atoms with Crippen molar-refractivity contribution in [1.82, 2.24) is 5.32 Å². The Bertz CT molecular complexity index is 619. The first-order valence-corrected chi connectivity index (χ1v) is 7.51. The molecule has 0 radical (unpaired) electrons. The topological polar surface area (TPSA) is 51.5 Å². The second-order valence-corrected chi connectivity index (χ2v) is 5.79. The number of carbonyl (C=O) groups excluding carboxylic acids is 1. The van der Waals surface area contributed by atoms with E-state index in [9.17, 15) is 4.79 Å². The average molecular weight is 352 g/mol. The highest BCUT2D eigenvalue weighted by Crippen LogP contribution is 2.17. The summed E-state index contributed by atoms with van der Waals surface area (Å²) in [5, 5.41) is 2.85. The summed E-state index contributed by atoms with van der Waals surface area (Å²) in [5.41, 5.74) is 0.983. The Balaban J connectivity index is 1.87. The number of hydrogen-bond acceptors (Lipinski definition) is 3. The Labute approximate surface area is 132 Å². The molecule has 1 aromatic heterocycles. The zero-order valence-electron chi connectivity index (χ0n) is 12.3. The van der Waals surface area contributed by atoms with Crippen molar-refractivity contribution in [1.29, 1.82) is 0 Å². The molecule has 0 aliphatic rings. The zero-order valence-corrected chi connectivity index (χ0v) is 13.9. The van der Waals surface area contributed by atoms with E-state index in [-0.39, 0.29) is 5.91 Å². The Morgan fingerprint density at radius 2 is 2.00 bits per heavy atom. The molecule has 0 aliphatic carbocycles. The predicted octanol–water partition coefficient (Wildman–Crippen LogP) is 3.74. The zero-order chi connectivity index (χ0) is 15.4. The molecular formula is C16H18BrNO3. The molecule has 1 heterocycles. The smallest absolute Gasteiger partial charge is 0.261 e. The molecule has 4 nitrogen and oxygen atoms in total. The van der Waals surface area contributed by atoms with Crippen LogP contribution < -0.4 is 10.1 Å². The standard InChI is InChI=1S/C16H18BrNO3/c1-10-8-13(11(2)20-10)9-18-16(19)12(3)21-15-6-4-14(17)5-7-15/h4-8,12H,9H2,1-3H3,(H,18,19). The molecule has 0 saturated carbocycles. The van der Waals surface area contributed by atoms with Gasteiger partial charge in [-0.05, 0) is 51.1 Å². The van der Waals surface area contributed by atoms with Gasteiger partial charge < -0.3 is 14.5 Å². The minimum absolute atomic E-state index is 0.156. The van der Waals surface area contributed by atoms with Gasteiger partial charge in [-0.1, -0.05) is 15.9 Å². The number of carbonyl (C=O) groups is 1. The van der Waals surface area contributed by atoms with E-state index in [1.54, 1.807) is 6.92 Å². The summed E-state index contributed by atoms with van der Waals surface area (Å²) in [4.78, 5) is 12.0. The van der Waals surface area contributed by atoms with E-state index in [0.29, 0.717) is 12.3 Å². The number of benzene rings is 1. The second kappa shape index (κ2) is 6.80. The van der Waals surface area contributed by atoms with E-state index in [0.717, 1.165) is 21.6 Å². The van der Waals surface area contributed by atoms with Gasteiger partial charge in [0.15, 0.2) is 6.10 Å². The molecule has 0 fully saturated rings. The monoisotopic (exact) mass is 351 g/mol. The number of amides is 1. The third-order valence-corrected chi connectivity index (χ3v) is 3.62. The summed E-state index contributed by atoms with van der Waals surface area (Å²) in [7, 11) is 0. The maximum atomic E-state index is 12.0. The largest absolute Gasteiger partial charge is 0.481 e. The van der Waals surface area contributed by atoms with Crippen molar-refractivity contribution in [2.24, 2.45) is 0 Å². The molecule has 2 aromatic rings. The van der Waals surface area contributed by atoms with Crippen LogP contribution >= 0.6 is 15.9 Å². The molecule has 1 aromatic carbocycles. The highest BCUT2D eigenvalue weighted by molar-refractivity contribution is 9.10. The van der Waals surface area contributed by atoms with Crippen LogP contribution in [0.25, 0.3) is 0 Å². The van der Waals surface area contributed by atoms with Crippen LogP contribution in [0.2, 0.25) is 0 Å². The predicted molar refractivity (Wildman–Crippen MR) is 84.3 cm³/mol. The molecule has 2 rings (SSSR count). The Morgan fingerprint density at radius 1 is 1.33 bits per heavy atom. The lowest BCUT2D eigenvalue weighted by atomic mass is 10.2. The van der Waals surface area contributed by atoms with Crippen molar-refractivity contribution in [2.75, 3.05) is 0 Å². The molecule has 1 amide bonds. The number of aryl methyl sites for hydroxylation is 2. The quantitative estimate of drug-likeness (QED) is 0.892. The Hall–Kier alpha value is -1.75. The van der Waals surface area contributed by atoms with Crippen molar-refractivity contribution >= 4 is 21.8 Å². The third-order valence-electron chi connectivity index (χ3n) is 3.09. The number of rotatable bonds is 5. The van der Waals surface area contributed by atoms with Gasteiger partial charge in [-0.25, -0.2) is 0 Å². The first-order valence-electron chi connectivity index (χ1n) is 6.71. The lowest BCUT2D eigenvalue weighted by molar-refractivity contribution is -0.127. The number of nitrogens with one attached hydrogen (secondary N) is 1. The number of hydrogen-bond donors (Lipinski definition) is 1. The van der Waals surface area contributed by atoms with E-state index in [1.165, 1.54) is 0 Å². The van der Waals surface area contributed by atoms with Crippen molar-refractivity contribution < 1.29 is 13.9 Å². The summed E-state index contributed by atoms with van der Waals surface area (Å²) >= 11 is 3.36. The van der Waals surface area contributed by atoms with Crippen molar-refractivity contribution in [2.45, 2.75) is 33.4 Å². The molecule has 0 aliphatic heterocycles. The average Bonchev–Trinajstić information content (AvgIpc) is 2.76. The molecule has 21 heavy (non-hydrogen) atoms. The summed E-state index contributed by atoms with van der Waals surface area (Å²) in [5.74, 6) is 2.18. The number of halogens is 1. The van der Waals surface area contributed by atoms with E-state index in [2.05, 4.69) is 21.2 Å². The highest BCUT2D eigenvalue weighted by atomic mass is 79.9. The SMILES string of the molecule is Cc1cc(CNC(=O)C(C)Oc2ccc(Br)cc2)c(C)o1. The van der Waals surface area contributed by atoms with Gasteiger partial charge in [0.2, 0.25) is 0 Å². The molecule has 112 valence electrons. The minimum Gasteiger partial charge on any atom is -0.481 e. The van der Waals surface area contributed by atoms with Gasteiger partial charge in [-0.15, -0.1) is 0 Å². The molecule has 0 saturated heterocycles. The summed E-state index contributed by atoms with van der Waals surface area (Å²) in [6.45, 7) is 5.94. The van der Waals surface area contributed by atoms with E-state index in [4.69, 9.17) is 9.15 Å². The van der Waals surface area contributed by atoms with Gasteiger partial charge in [0.25, 0.3) is 5.91 Å². The van der Waals surface area contributed by atoms with Gasteiger partial charge >= 0.3 is 0 Å². The van der Waals surface area contributed by atoms with Crippen molar-refractivity contribution in [3.05, 3.63) is 51.9 Å². The maximum absolute atomic E-state index is 12.0. The maximum Gasteiger partial charge on any atom is 0.261 e. The number of furan rings is 1. The van der Waals surface area contributed by atoms with Crippen LogP contribution in [0.3, 0.4) is 0 Å². The van der Waals surface area contributed by atoms with Gasteiger partial charge in [-0.3, -0.25) is 4.79 Å². The van der Waals surface area contributed by atoms with Crippen LogP contribution in [-0.4, -0.2) is 12.0 Å². The van der Waals surface area contributed by atoms with Crippen LogP contribution in [0.15, 0.2) is 39.2 Å². The van der Waals surface area contributed by atoms with Crippen LogP contribution in [0.1, 0.15) is 24.0 Å². The Kier molecular flexibility index (Phi) is 5.07. The van der Waals surface area contributed by atoms with E-state index >= 15 is 0 Å². The lowest BCUT2D eigenvalue weighted by Crippen LogP contribution is -2.35. The molecule has 1 N–H and O–H groups in total. The fourth-order valence-corrected chi connectivity index (χ4v) is 2.22. The molecule has 1 unspecified atom stereocenters. The van der Waals surface area contributed by atoms with Gasteiger partial charge in [0.1, 0.15) is 17.3 Å². The number of ether oxygens (including phenoxy) is 1. The van der Waals surface area contributed by atoms with Crippen LogP contribution in [0.4, 0.5) is 0 Å². The molecular weight excluding hydrogens is 334 g/mol. The first-order chi connectivity index (χ1) is 9.95. The second-order valence-electron chi connectivity index (χ2n) is 4.87. The summed E-state index contributed by atoms with van der Waals surface area (Å²) < 4.78 is 12.0. The van der Waals surface area contributed by atoms with Gasteiger partial charge in [-0.2, -0.15) is 0 Å². The van der Waals surface area contributed by atoms with E-state index < -0.39 is 6.10 Å². The minimum atomic E-state index is -0.556. The van der Waals surface area contributed by atoms with Crippen LogP contribution in [-0.2, 0) is 11.3 Å². The third kappa shape index (κ3) is 4.36. The lowest BCUT2D eigenvalue weighted by Gasteiger charge is -2.14. The van der Waals surface area contributed by atoms with E-state index in [1.807, 2.05) is 44.2 Å². The Morgan fingerprint density at radius 3 is 2.57 bits per heavy atom. The first kappa shape index (κ1) is 15.6. The van der Waals surface area contributed by atoms with Crippen LogP contribution in [0, 0.1) is 13.8 Å². The van der Waals surface area contributed by atoms with Gasteiger partial charge in [0.05, 0.1) is 0 Å². The summed E-state index contributed by atoms with van der Waals surface area (Å²) in [6.07, 6.45) is -0.556. The molecule has 5 heteroatoms. The molecule has 0 spiro atoms. The fraction of sp³-hybridized carbons (Fsp3) is 0.312. The molecule has 0 bridgehead atoms. The fourth-order valence-electron chi connectivity index (χ4n) is 1.96. The van der Waals surface area contributed by atoms with Crippen LogP contribution in [0.5, 0.6) is 5.75 Å². The van der Waals surface area contributed by atoms with Crippen molar-refractivity contribution in [3.8, 4) is 5.75 Å². The summed E-state index contributed by atoms with van der Waals surface area (Å²) in [6, 6.07) is 9.31. The highest BCUT2D eigenvalue weighted by Gasteiger charge is 2.15. The molecule has 1 atom stereocenters. The van der Waals surface area contributed by atoms with Gasteiger partial charge in [0, 0.05) is 16.6 Å². The normalized spacial score (nSPS) is 12.0. The van der Waals surface area contributed by atoms with Crippen molar-refractivity contribution in [3.63, 3.8) is 0 Å².